The van der Waals surface area contributed by atoms with Crippen LogP contribution in [0.4, 0.5) is 11.6 Å². The van der Waals surface area contributed by atoms with Crippen LogP contribution in [0.3, 0.4) is 0 Å². The number of hydrogen-bond donors (Lipinski definition) is 1. The fraction of sp³-hybridized carbons (Fsp3) is 0.231. The number of carbonyl (C=O) groups is 1. The molecule has 8 nitrogen and oxygen atoms in total. The number of hydrogen-bond acceptors (Lipinski definition) is 6. The Labute approximate surface area is 199 Å². The summed E-state index contributed by atoms with van der Waals surface area (Å²) in [6.45, 7) is 1.84. The van der Waals surface area contributed by atoms with Crippen LogP contribution in [0.1, 0.15) is 11.1 Å². The Morgan fingerprint density at radius 1 is 1.03 bits per heavy atom. The van der Waals surface area contributed by atoms with Gasteiger partial charge in [0.05, 0.1) is 6.54 Å². The predicted octanol–water partition coefficient (Wildman–Crippen LogP) is 2.92. The number of anilines is 1. The van der Waals surface area contributed by atoms with Gasteiger partial charge in [-0.1, -0.05) is 24.3 Å². The first-order valence-electron chi connectivity index (χ1n) is 11.1. The van der Waals surface area contributed by atoms with Crippen LogP contribution in [0, 0.1) is 0 Å². The van der Waals surface area contributed by atoms with Crippen LogP contribution in [0.5, 0.6) is 11.5 Å². The molecular formula is C26H29N6O2+. The van der Waals surface area contributed by atoms with E-state index in [1.54, 1.807) is 18.0 Å². The maximum atomic E-state index is 12.4. The number of rotatable bonds is 9. The monoisotopic (exact) mass is 457 g/mol. The Kier molecular flexibility index (Phi) is 6.98. The highest BCUT2D eigenvalue weighted by atomic mass is 16.5. The van der Waals surface area contributed by atoms with E-state index in [9.17, 15) is 4.79 Å². The molecule has 0 saturated heterocycles. The summed E-state index contributed by atoms with van der Waals surface area (Å²) < 4.78 is 7.99. The van der Waals surface area contributed by atoms with E-state index in [4.69, 9.17) is 10.5 Å². The van der Waals surface area contributed by atoms with E-state index in [0.717, 1.165) is 40.7 Å². The highest BCUT2D eigenvalue weighted by molar-refractivity contribution is 6.18. The highest BCUT2D eigenvalue weighted by Gasteiger charge is 2.39. The van der Waals surface area contributed by atoms with Gasteiger partial charge >= 0.3 is 5.82 Å². The number of nitrogens with two attached hydrogens (primary N) is 1. The summed E-state index contributed by atoms with van der Waals surface area (Å²) in [4.78, 5) is 24.7. The normalized spacial score (nSPS) is 12.6. The average molecular weight is 458 g/mol. The van der Waals surface area contributed by atoms with Gasteiger partial charge in [0.15, 0.2) is 11.3 Å². The van der Waals surface area contributed by atoms with Crippen LogP contribution in [0.15, 0.2) is 73.1 Å². The molecule has 3 aromatic rings. The van der Waals surface area contributed by atoms with Crippen molar-refractivity contribution in [3.05, 3.63) is 84.2 Å². The van der Waals surface area contributed by atoms with E-state index in [1.807, 2.05) is 79.7 Å². The number of nitrogen functional groups attached to an aromatic ring is 1. The topological polar surface area (TPSA) is 87.6 Å². The maximum Gasteiger partial charge on any atom is 0.340 e. The Morgan fingerprint density at radius 2 is 1.74 bits per heavy atom. The summed E-state index contributed by atoms with van der Waals surface area (Å²) in [5.41, 5.74) is 8.94. The molecule has 0 saturated carbocycles. The molecule has 1 aliphatic rings. The van der Waals surface area contributed by atoms with E-state index in [2.05, 4.69) is 14.5 Å². The number of aromatic nitrogens is 2. The summed E-state index contributed by atoms with van der Waals surface area (Å²) in [6.07, 6.45) is 4.94. The molecular weight excluding hydrogens is 428 g/mol. The van der Waals surface area contributed by atoms with E-state index in [-0.39, 0.29) is 5.91 Å². The van der Waals surface area contributed by atoms with Gasteiger partial charge in [-0.15, -0.1) is 0 Å². The zero-order chi connectivity index (χ0) is 24.1. The van der Waals surface area contributed by atoms with Gasteiger partial charge < -0.3 is 20.3 Å². The summed E-state index contributed by atoms with van der Waals surface area (Å²) >= 11 is 0. The minimum Gasteiger partial charge on any atom is -0.457 e. The standard InChI is InChI=1S/C26H28N6O2/c1-30(2)15-7-10-22(33)31(3)16-17-32-24(23-25(27)28-18-29-26(23)32)19-11-13-21(14-12-19)34-20-8-5-4-6-9-20/h4-14,18,27H,15-17H2,1-3H3/p+1. The first kappa shape index (κ1) is 23.1. The molecule has 0 atom stereocenters. The minimum atomic E-state index is -0.0336. The lowest BCUT2D eigenvalue weighted by Gasteiger charge is -2.24. The maximum absolute atomic E-state index is 12.4. The van der Waals surface area contributed by atoms with E-state index >= 15 is 0 Å². The molecule has 0 radical (unpaired) electrons. The first-order chi connectivity index (χ1) is 16.4. The van der Waals surface area contributed by atoms with Gasteiger partial charge in [0.2, 0.25) is 12.2 Å². The average Bonchev–Trinajstić information content (AvgIpc) is 2.81. The summed E-state index contributed by atoms with van der Waals surface area (Å²) in [7, 11) is 5.73. The fourth-order valence-electron chi connectivity index (χ4n) is 3.68. The van der Waals surface area contributed by atoms with Gasteiger partial charge in [-0.2, -0.15) is 4.98 Å². The summed E-state index contributed by atoms with van der Waals surface area (Å²) in [5.74, 6) is 2.71. The van der Waals surface area contributed by atoms with Crippen molar-refractivity contribution in [2.75, 3.05) is 46.5 Å². The molecule has 2 N–H and O–H groups in total. The second-order valence-corrected chi connectivity index (χ2v) is 8.32. The Morgan fingerprint density at radius 3 is 2.44 bits per heavy atom. The summed E-state index contributed by atoms with van der Waals surface area (Å²) in [5, 5.41) is 0. The van der Waals surface area contributed by atoms with Gasteiger partial charge in [0, 0.05) is 25.2 Å². The molecule has 174 valence electrons. The third-order valence-electron chi connectivity index (χ3n) is 5.49. The quantitative estimate of drug-likeness (QED) is 0.393. The minimum absolute atomic E-state index is 0.0336. The van der Waals surface area contributed by atoms with Crippen LogP contribution >= 0.6 is 0 Å². The van der Waals surface area contributed by atoms with Gasteiger partial charge in [-0.05, 0) is 55.5 Å². The molecule has 0 bridgehead atoms. The summed E-state index contributed by atoms with van der Waals surface area (Å²) in [6, 6.07) is 17.5. The van der Waals surface area contributed by atoms with Crippen LogP contribution in [-0.4, -0.2) is 76.7 Å². The molecule has 4 rings (SSSR count). The predicted molar refractivity (Wildman–Crippen MR) is 133 cm³/mol. The molecule has 1 amide bonds. The van der Waals surface area contributed by atoms with Gasteiger partial charge in [0.25, 0.3) is 0 Å². The molecule has 0 aliphatic carbocycles. The number of ether oxygens (including phenoxy) is 1. The molecule has 2 heterocycles. The smallest absolute Gasteiger partial charge is 0.340 e. The molecule has 0 unspecified atom stereocenters. The number of carbonyl (C=O) groups excluding carboxylic acids is 1. The van der Waals surface area contributed by atoms with Gasteiger partial charge in [0.1, 0.15) is 23.9 Å². The molecule has 0 fully saturated rings. The third-order valence-corrected chi connectivity index (χ3v) is 5.49. The molecule has 0 spiro atoms. The van der Waals surface area contributed by atoms with Crippen molar-refractivity contribution in [2.24, 2.45) is 0 Å². The number of benzene rings is 2. The van der Waals surface area contributed by atoms with Gasteiger partial charge in [-0.25, -0.2) is 4.58 Å². The Hall–Kier alpha value is -4.04. The largest absolute Gasteiger partial charge is 0.457 e. The fourth-order valence-corrected chi connectivity index (χ4v) is 3.68. The lowest BCUT2D eigenvalue weighted by molar-refractivity contribution is -0.455. The molecule has 34 heavy (non-hydrogen) atoms. The second-order valence-electron chi connectivity index (χ2n) is 8.32. The van der Waals surface area contributed by atoms with Crippen LogP contribution in [0.25, 0.3) is 0 Å². The second kappa shape index (κ2) is 10.3. The number of likely N-dealkylation sites (N-methyl/N-ethyl adjacent to an activating group) is 2. The van der Waals surface area contributed by atoms with Crippen molar-refractivity contribution in [1.29, 1.82) is 0 Å². The first-order valence-corrected chi connectivity index (χ1v) is 11.1. The van der Waals surface area contributed by atoms with E-state index < -0.39 is 0 Å². The van der Waals surface area contributed by atoms with Crippen LogP contribution in [0.2, 0.25) is 0 Å². The molecule has 1 aliphatic heterocycles. The van der Waals surface area contributed by atoms with Crippen molar-refractivity contribution in [2.45, 2.75) is 0 Å². The number of fused-ring (bicyclic) bond motifs is 1. The lowest BCUT2D eigenvalue weighted by atomic mass is 9.97. The van der Waals surface area contributed by atoms with E-state index in [1.165, 1.54) is 6.33 Å². The number of amides is 1. The van der Waals surface area contributed by atoms with Crippen molar-refractivity contribution in [1.82, 2.24) is 19.8 Å². The van der Waals surface area contributed by atoms with Crippen LogP contribution < -0.4 is 10.5 Å². The molecule has 1 aromatic heterocycles. The van der Waals surface area contributed by atoms with Crippen molar-refractivity contribution in [3.8, 4) is 11.5 Å². The Bertz CT molecular complexity index is 1220. The molecule has 8 heteroatoms. The van der Waals surface area contributed by atoms with Crippen molar-refractivity contribution < 1.29 is 14.1 Å². The number of para-hydroxylation sites is 1. The SMILES string of the molecule is CN(C)CC=CC(=O)N(C)CC[N+]1=C(c2ccc(Oc3ccccc3)cc2)c2c(N)ncnc21. The van der Waals surface area contributed by atoms with E-state index in [0.29, 0.717) is 18.9 Å². The van der Waals surface area contributed by atoms with Crippen LogP contribution in [-0.2, 0) is 4.79 Å². The lowest BCUT2D eigenvalue weighted by Crippen LogP contribution is -2.38. The zero-order valence-corrected chi connectivity index (χ0v) is 19.7. The van der Waals surface area contributed by atoms with Crippen molar-refractivity contribution in [3.63, 3.8) is 0 Å². The third kappa shape index (κ3) is 5.13. The highest BCUT2D eigenvalue weighted by Crippen LogP contribution is 2.34. The Balaban J connectivity index is 1.52. The van der Waals surface area contributed by atoms with Gasteiger partial charge in [-0.3, -0.25) is 4.79 Å². The van der Waals surface area contributed by atoms with Crippen molar-refractivity contribution >= 4 is 23.3 Å². The number of nitrogens with zero attached hydrogens (tertiary/aromatic N) is 5. The molecule has 2 aromatic carbocycles. The zero-order valence-electron chi connectivity index (χ0n) is 19.7.